The number of rotatable bonds is 3. The molecule has 1 heterocycles. The molecule has 0 atom stereocenters. The molecular weight excluding hydrogens is 332 g/mol. The van der Waals surface area contributed by atoms with E-state index in [1.807, 2.05) is 39.0 Å². The number of pyridine rings is 1. The van der Waals surface area contributed by atoms with E-state index in [1.54, 1.807) is 24.4 Å². The summed E-state index contributed by atoms with van der Waals surface area (Å²) in [6.45, 7) is 5.73. The first-order chi connectivity index (χ1) is 9.87. The maximum atomic E-state index is 10.1. The van der Waals surface area contributed by atoms with Gasteiger partial charge in [-0.25, -0.2) is 0 Å². The molecule has 0 aliphatic carbocycles. The quantitative estimate of drug-likeness (QED) is 0.670. The van der Waals surface area contributed by atoms with Crippen molar-refractivity contribution in [2.75, 3.05) is 0 Å². The van der Waals surface area contributed by atoms with Gasteiger partial charge < -0.3 is 9.94 Å². The van der Waals surface area contributed by atoms with Crippen molar-refractivity contribution in [3.63, 3.8) is 0 Å². The lowest BCUT2D eigenvalue weighted by Gasteiger charge is -2.17. The van der Waals surface area contributed by atoms with Gasteiger partial charge in [-0.15, -0.1) is 0 Å². The van der Waals surface area contributed by atoms with Crippen molar-refractivity contribution in [3.8, 4) is 5.75 Å². The third-order valence-corrected chi connectivity index (χ3v) is 3.03. The topological polar surface area (TPSA) is 54.7 Å². The molecule has 5 heteroatoms. The summed E-state index contributed by atoms with van der Waals surface area (Å²) >= 11 is 3.40. The largest absolute Gasteiger partial charge is 0.507 e. The number of nitrogens with zero attached hydrogens (tertiary/aromatic N) is 2. The average Bonchev–Trinajstić information content (AvgIpc) is 2.43. The maximum absolute atomic E-state index is 10.1. The Hall–Kier alpha value is -1.88. The van der Waals surface area contributed by atoms with E-state index in [0.717, 1.165) is 4.47 Å². The zero-order chi connectivity index (χ0) is 15.5. The molecular formula is C16H17BrN2O2. The van der Waals surface area contributed by atoms with E-state index in [0.29, 0.717) is 17.0 Å². The number of aromatic hydroxyl groups is 1. The maximum Gasteiger partial charge on any atom is 0.139 e. The zero-order valence-corrected chi connectivity index (χ0v) is 13.8. The van der Waals surface area contributed by atoms with E-state index in [4.69, 9.17) is 4.84 Å². The van der Waals surface area contributed by atoms with Crippen LogP contribution in [0.2, 0.25) is 0 Å². The summed E-state index contributed by atoms with van der Waals surface area (Å²) in [5.74, 6) is 0.125. The molecule has 1 aromatic heterocycles. The van der Waals surface area contributed by atoms with Gasteiger partial charge in [-0.1, -0.05) is 27.2 Å². The highest BCUT2D eigenvalue weighted by Crippen LogP contribution is 2.25. The van der Waals surface area contributed by atoms with Crippen LogP contribution in [0.5, 0.6) is 5.75 Å². The molecule has 0 amide bonds. The highest BCUT2D eigenvalue weighted by molar-refractivity contribution is 9.10. The van der Waals surface area contributed by atoms with Crippen molar-refractivity contribution < 1.29 is 9.94 Å². The van der Waals surface area contributed by atoms with Crippen LogP contribution < -0.4 is 0 Å². The zero-order valence-electron chi connectivity index (χ0n) is 12.2. The van der Waals surface area contributed by atoms with Crippen LogP contribution in [-0.4, -0.2) is 21.4 Å². The highest BCUT2D eigenvalue weighted by atomic mass is 79.9. The second kappa shape index (κ2) is 6.26. The number of aromatic nitrogens is 1. The molecule has 0 bridgehead atoms. The summed E-state index contributed by atoms with van der Waals surface area (Å²) in [6, 6.07) is 10.7. The van der Waals surface area contributed by atoms with E-state index >= 15 is 0 Å². The summed E-state index contributed by atoms with van der Waals surface area (Å²) in [4.78, 5) is 9.81. The Bertz CT molecular complexity index is 649. The Morgan fingerprint density at radius 3 is 2.62 bits per heavy atom. The fourth-order valence-corrected chi connectivity index (χ4v) is 1.98. The van der Waals surface area contributed by atoms with Gasteiger partial charge in [0.05, 0.1) is 5.69 Å². The van der Waals surface area contributed by atoms with E-state index in [9.17, 15) is 5.11 Å². The van der Waals surface area contributed by atoms with E-state index in [2.05, 4.69) is 26.1 Å². The molecule has 0 radical (unpaired) electrons. The minimum Gasteiger partial charge on any atom is -0.507 e. The molecule has 0 aliphatic rings. The number of halogens is 1. The first-order valence-electron chi connectivity index (χ1n) is 6.53. The second-order valence-electron chi connectivity index (χ2n) is 5.52. The second-order valence-corrected chi connectivity index (χ2v) is 6.44. The van der Waals surface area contributed by atoms with Gasteiger partial charge in [0.25, 0.3) is 0 Å². The van der Waals surface area contributed by atoms with Crippen molar-refractivity contribution in [2.24, 2.45) is 5.16 Å². The summed E-state index contributed by atoms with van der Waals surface area (Å²) < 4.78 is 0.842. The van der Waals surface area contributed by atoms with Crippen LogP contribution >= 0.6 is 15.9 Å². The van der Waals surface area contributed by atoms with Crippen molar-refractivity contribution in [1.82, 2.24) is 4.98 Å². The molecule has 2 aromatic rings. The van der Waals surface area contributed by atoms with Crippen LogP contribution in [0.3, 0.4) is 0 Å². The Morgan fingerprint density at radius 2 is 2.00 bits per heavy atom. The third kappa shape index (κ3) is 4.29. The van der Waals surface area contributed by atoms with Crippen LogP contribution in [0.4, 0.5) is 0 Å². The number of hydrogen-bond donors (Lipinski definition) is 1. The van der Waals surface area contributed by atoms with Gasteiger partial charge in [-0.3, -0.25) is 4.98 Å². The predicted molar refractivity (Wildman–Crippen MR) is 86.5 cm³/mol. The van der Waals surface area contributed by atoms with Crippen LogP contribution in [0.25, 0.3) is 0 Å². The fourth-order valence-electron chi connectivity index (χ4n) is 1.62. The lowest BCUT2D eigenvalue weighted by Crippen LogP contribution is -2.18. The minimum absolute atomic E-state index is 0.125. The first-order valence-corrected chi connectivity index (χ1v) is 7.32. The molecule has 4 nitrogen and oxygen atoms in total. The molecule has 110 valence electrons. The Kier molecular flexibility index (Phi) is 4.63. The van der Waals surface area contributed by atoms with Gasteiger partial charge >= 0.3 is 0 Å². The number of oxime groups is 1. The van der Waals surface area contributed by atoms with E-state index in [-0.39, 0.29) is 5.75 Å². The number of phenolic OH excluding ortho intramolecular Hbond substituents is 1. The van der Waals surface area contributed by atoms with E-state index in [1.165, 1.54) is 0 Å². The van der Waals surface area contributed by atoms with Gasteiger partial charge in [0.15, 0.2) is 0 Å². The Balaban J connectivity index is 2.53. The van der Waals surface area contributed by atoms with Gasteiger partial charge in [0.1, 0.15) is 17.1 Å². The Morgan fingerprint density at radius 1 is 1.24 bits per heavy atom. The monoisotopic (exact) mass is 348 g/mol. The molecule has 0 unspecified atom stereocenters. The summed E-state index contributed by atoms with van der Waals surface area (Å²) in [7, 11) is 0. The molecule has 21 heavy (non-hydrogen) atoms. The Labute approximate surface area is 132 Å². The SMILES string of the molecule is CC(C)(C)ON=C(c1ccccn1)c1cc(Br)ccc1O. The third-order valence-electron chi connectivity index (χ3n) is 2.53. The fraction of sp³-hybridized carbons (Fsp3) is 0.250. The lowest BCUT2D eigenvalue weighted by molar-refractivity contribution is 0.00111. The van der Waals surface area contributed by atoms with Gasteiger partial charge in [0, 0.05) is 16.2 Å². The molecule has 0 aliphatic heterocycles. The minimum atomic E-state index is -0.429. The summed E-state index contributed by atoms with van der Waals surface area (Å²) in [5.41, 5.74) is 1.26. The summed E-state index contributed by atoms with van der Waals surface area (Å²) in [5, 5.41) is 14.3. The average molecular weight is 349 g/mol. The van der Waals surface area contributed by atoms with Crippen LogP contribution in [-0.2, 0) is 4.84 Å². The lowest BCUT2D eigenvalue weighted by atomic mass is 10.1. The van der Waals surface area contributed by atoms with Gasteiger partial charge in [0.2, 0.25) is 0 Å². The van der Waals surface area contributed by atoms with Crippen molar-refractivity contribution in [2.45, 2.75) is 26.4 Å². The van der Waals surface area contributed by atoms with Gasteiger partial charge in [-0.05, 0) is 51.1 Å². The molecule has 0 fully saturated rings. The first kappa shape index (κ1) is 15.5. The normalized spacial score (nSPS) is 12.3. The number of hydrogen-bond acceptors (Lipinski definition) is 4. The standard InChI is InChI=1S/C16H17BrN2O2/c1-16(2,3)21-19-15(13-6-4-5-9-18-13)12-10-11(17)7-8-14(12)20/h4-10,20H,1-3H3. The van der Waals surface area contributed by atoms with Crippen molar-refractivity contribution in [3.05, 3.63) is 58.3 Å². The molecule has 1 N–H and O–H groups in total. The number of benzene rings is 1. The molecule has 2 rings (SSSR count). The van der Waals surface area contributed by atoms with Crippen LogP contribution in [0.1, 0.15) is 32.0 Å². The molecule has 0 saturated carbocycles. The number of phenols is 1. The van der Waals surface area contributed by atoms with Crippen molar-refractivity contribution in [1.29, 1.82) is 0 Å². The predicted octanol–water partition coefficient (Wildman–Crippen LogP) is 4.12. The smallest absolute Gasteiger partial charge is 0.139 e. The highest BCUT2D eigenvalue weighted by Gasteiger charge is 2.17. The summed E-state index contributed by atoms with van der Waals surface area (Å²) in [6.07, 6.45) is 1.68. The molecule has 0 spiro atoms. The molecule has 0 saturated heterocycles. The molecule has 1 aromatic carbocycles. The van der Waals surface area contributed by atoms with Crippen LogP contribution in [0.15, 0.2) is 52.2 Å². The van der Waals surface area contributed by atoms with Crippen LogP contribution in [0, 0.1) is 0 Å². The van der Waals surface area contributed by atoms with Crippen molar-refractivity contribution >= 4 is 21.6 Å². The van der Waals surface area contributed by atoms with Gasteiger partial charge in [-0.2, -0.15) is 0 Å². The van der Waals surface area contributed by atoms with E-state index < -0.39 is 5.60 Å².